The van der Waals surface area contributed by atoms with Crippen molar-refractivity contribution in [2.45, 2.75) is 90.9 Å². The summed E-state index contributed by atoms with van der Waals surface area (Å²) in [6.45, 7) is 12.4. The lowest BCUT2D eigenvalue weighted by molar-refractivity contribution is 0.454. The fourth-order valence-corrected chi connectivity index (χ4v) is 3.09. The standard InChI is InChI=1S/C22H36O/c1-6-7-8-9-10-11-12-13-14-19-15-20(17(2)3)22(23)21(16-19)18(4)5/h6,15-18,23H,1,7-14H2,2-5H3. The number of allylic oxidation sites excluding steroid dienone is 1. The Kier molecular flexibility index (Phi) is 9.06. The van der Waals surface area contributed by atoms with Crippen molar-refractivity contribution in [2.24, 2.45) is 0 Å². The van der Waals surface area contributed by atoms with Crippen molar-refractivity contribution in [2.75, 3.05) is 0 Å². The summed E-state index contributed by atoms with van der Waals surface area (Å²) >= 11 is 0. The molecule has 1 rings (SSSR count). The molecule has 0 heterocycles. The van der Waals surface area contributed by atoms with E-state index in [1.165, 1.54) is 44.1 Å². The molecule has 0 bridgehead atoms. The van der Waals surface area contributed by atoms with Crippen LogP contribution in [0.3, 0.4) is 0 Å². The summed E-state index contributed by atoms with van der Waals surface area (Å²) in [5.41, 5.74) is 3.60. The molecule has 0 amide bonds. The van der Waals surface area contributed by atoms with Gasteiger partial charge < -0.3 is 5.11 Å². The van der Waals surface area contributed by atoms with Gasteiger partial charge in [0.2, 0.25) is 0 Å². The van der Waals surface area contributed by atoms with Crippen LogP contribution in [-0.4, -0.2) is 5.11 Å². The molecule has 0 aliphatic rings. The largest absolute Gasteiger partial charge is 0.507 e. The molecule has 130 valence electrons. The van der Waals surface area contributed by atoms with Crippen molar-refractivity contribution >= 4 is 0 Å². The SMILES string of the molecule is C=CCCCCCCCCc1cc(C(C)C)c(O)c(C(C)C)c1. The van der Waals surface area contributed by atoms with Crippen LogP contribution in [0.1, 0.15) is 101 Å². The van der Waals surface area contributed by atoms with Crippen LogP contribution >= 0.6 is 0 Å². The highest BCUT2D eigenvalue weighted by molar-refractivity contribution is 5.46. The van der Waals surface area contributed by atoms with Gasteiger partial charge in [0, 0.05) is 0 Å². The van der Waals surface area contributed by atoms with Crippen LogP contribution in [-0.2, 0) is 6.42 Å². The lowest BCUT2D eigenvalue weighted by atomic mass is 9.90. The first-order chi connectivity index (χ1) is 11.0. The maximum Gasteiger partial charge on any atom is 0.122 e. The van der Waals surface area contributed by atoms with Gasteiger partial charge in [-0.15, -0.1) is 6.58 Å². The average molecular weight is 317 g/mol. The van der Waals surface area contributed by atoms with E-state index >= 15 is 0 Å². The van der Waals surface area contributed by atoms with E-state index in [0.29, 0.717) is 17.6 Å². The second kappa shape index (κ2) is 10.5. The number of phenols is 1. The molecule has 0 aliphatic heterocycles. The van der Waals surface area contributed by atoms with Gasteiger partial charge in [0.25, 0.3) is 0 Å². The normalized spacial score (nSPS) is 11.4. The molecule has 1 heteroatoms. The smallest absolute Gasteiger partial charge is 0.122 e. The third-order valence-electron chi connectivity index (χ3n) is 4.60. The van der Waals surface area contributed by atoms with E-state index in [4.69, 9.17) is 0 Å². The Morgan fingerprint density at radius 1 is 0.870 bits per heavy atom. The lowest BCUT2D eigenvalue weighted by Crippen LogP contribution is -1.99. The number of aryl methyl sites for hydroxylation is 1. The van der Waals surface area contributed by atoms with E-state index in [9.17, 15) is 5.11 Å². The zero-order valence-electron chi connectivity index (χ0n) is 15.7. The topological polar surface area (TPSA) is 20.2 Å². The Morgan fingerprint density at radius 2 is 1.35 bits per heavy atom. The maximum absolute atomic E-state index is 10.5. The van der Waals surface area contributed by atoms with Crippen LogP contribution in [0.5, 0.6) is 5.75 Å². The van der Waals surface area contributed by atoms with E-state index in [0.717, 1.165) is 24.0 Å². The molecule has 0 saturated heterocycles. The molecule has 0 unspecified atom stereocenters. The van der Waals surface area contributed by atoms with Gasteiger partial charge in [0.1, 0.15) is 5.75 Å². The number of hydrogen-bond donors (Lipinski definition) is 1. The minimum Gasteiger partial charge on any atom is -0.507 e. The van der Waals surface area contributed by atoms with Crippen LogP contribution in [0, 0.1) is 0 Å². The summed E-state index contributed by atoms with van der Waals surface area (Å²) in [6.07, 6.45) is 12.2. The van der Waals surface area contributed by atoms with Crippen LogP contribution in [0.4, 0.5) is 0 Å². The lowest BCUT2D eigenvalue weighted by Gasteiger charge is -2.17. The molecule has 0 atom stereocenters. The van der Waals surface area contributed by atoms with Gasteiger partial charge in [-0.1, -0.05) is 71.6 Å². The number of hydrogen-bond acceptors (Lipinski definition) is 1. The molecule has 1 aromatic carbocycles. The first-order valence-electron chi connectivity index (χ1n) is 9.44. The number of benzene rings is 1. The van der Waals surface area contributed by atoms with Gasteiger partial charge in [-0.2, -0.15) is 0 Å². The van der Waals surface area contributed by atoms with Crippen molar-refractivity contribution in [1.29, 1.82) is 0 Å². The molecule has 0 aromatic heterocycles. The summed E-state index contributed by atoms with van der Waals surface area (Å²) in [5.74, 6) is 1.26. The fraction of sp³-hybridized carbons (Fsp3) is 0.636. The zero-order valence-corrected chi connectivity index (χ0v) is 15.7. The molecule has 0 aliphatic carbocycles. The minimum atomic E-state index is 0.373. The van der Waals surface area contributed by atoms with E-state index < -0.39 is 0 Å². The quantitative estimate of drug-likeness (QED) is 0.341. The van der Waals surface area contributed by atoms with E-state index in [1.807, 2.05) is 6.08 Å². The van der Waals surface area contributed by atoms with Crippen LogP contribution < -0.4 is 0 Å². The van der Waals surface area contributed by atoms with Crippen LogP contribution in [0.15, 0.2) is 24.8 Å². The summed E-state index contributed by atoms with van der Waals surface area (Å²) in [7, 11) is 0. The van der Waals surface area contributed by atoms with Gasteiger partial charge in [-0.25, -0.2) is 0 Å². The summed E-state index contributed by atoms with van der Waals surface area (Å²) in [4.78, 5) is 0. The van der Waals surface area contributed by atoms with Crippen molar-refractivity contribution in [1.82, 2.24) is 0 Å². The van der Waals surface area contributed by atoms with E-state index in [-0.39, 0.29) is 0 Å². The van der Waals surface area contributed by atoms with Crippen molar-refractivity contribution in [3.05, 3.63) is 41.5 Å². The van der Waals surface area contributed by atoms with Crippen molar-refractivity contribution in [3.63, 3.8) is 0 Å². The van der Waals surface area contributed by atoms with Gasteiger partial charge in [0.15, 0.2) is 0 Å². The number of aromatic hydroxyl groups is 1. The van der Waals surface area contributed by atoms with Crippen molar-refractivity contribution < 1.29 is 5.11 Å². The van der Waals surface area contributed by atoms with Crippen molar-refractivity contribution in [3.8, 4) is 5.75 Å². The predicted octanol–water partition coefficient (Wildman–Crippen LogP) is 7.10. The first kappa shape index (κ1) is 19.8. The van der Waals surface area contributed by atoms with E-state index in [1.54, 1.807) is 0 Å². The number of unbranched alkanes of at least 4 members (excludes halogenated alkanes) is 6. The molecule has 0 fully saturated rings. The zero-order chi connectivity index (χ0) is 17.2. The Labute approximate surface area is 143 Å². The number of phenolic OH excluding ortho intramolecular Hbond substituents is 1. The third-order valence-corrected chi connectivity index (χ3v) is 4.60. The fourth-order valence-electron chi connectivity index (χ4n) is 3.09. The molecular weight excluding hydrogens is 280 g/mol. The molecule has 1 aromatic rings. The second-order valence-corrected chi connectivity index (χ2v) is 7.38. The first-order valence-corrected chi connectivity index (χ1v) is 9.44. The van der Waals surface area contributed by atoms with Gasteiger partial charge in [-0.3, -0.25) is 0 Å². The molecule has 0 saturated carbocycles. The molecule has 1 nitrogen and oxygen atoms in total. The van der Waals surface area contributed by atoms with E-state index in [2.05, 4.69) is 46.4 Å². The molecule has 23 heavy (non-hydrogen) atoms. The van der Waals surface area contributed by atoms with Crippen LogP contribution in [0.25, 0.3) is 0 Å². The van der Waals surface area contributed by atoms with Gasteiger partial charge >= 0.3 is 0 Å². The van der Waals surface area contributed by atoms with Gasteiger partial charge in [-0.05, 0) is 54.2 Å². The second-order valence-electron chi connectivity index (χ2n) is 7.38. The molecule has 1 N–H and O–H groups in total. The monoisotopic (exact) mass is 316 g/mol. The van der Waals surface area contributed by atoms with Crippen LogP contribution in [0.2, 0.25) is 0 Å². The number of rotatable bonds is 11. The Balaban J connectivity index is 2.51. The highest BCUT2D eigenvalue weighted by Gasteiger charge is 2.14. The third kappa shape index (κ3) is 6.81. The van der Waals surface area contributed by atoms with Gasteiger partial charge in [0.05, 0.1) is 0 Å². The highest BCUT2D eigenvalue weighted by Crippen LogP contribution is 2.35. The predicted molar refractivity (Wildman–Crippen MR) is 103 cm³/mol. The summed E-state index contributed by atoms with van der Waals surface area (Å²) in [6, 6.07) is 4.44. The molecule has 0 spiro atoms. The molecular formula is C22H36O. The summed E-state index contributed by atoms with van der Waals surface area (Å²) in [5, 5.41) is 10.5. The molecule has 0 radical (unpaired) electrons. The maximum atomic E-state index is 10.5. The average Bonchev–Trinajstić information content (AvgIpc) is 2.50. The Hall–Kier alpha value is -1.24. The minimum absolute atomic E-state index is 0.373. The Bertz CT molecular complexity index is 442. The Morgan fingerprint density at radius 3 is 1.83 bits per heavy atom. The summed E-state index contributed by atoms with van der Waals surface area (Å²) < 4.78 is 0. The highest BCUT2D eigenvalue weighted by atomic mass is 16.3.